The fourth-order valence-corrected chi connectivity index (χ4v) is 7.29. The van der Waals surface area contributed by atoms with E-state index in [-0.39, 0.29) is 0 Å². The first-order valence-corrected chi connectivity index (χ1v) is 17.5. The summed E-state index contributed by atoms with van der Waals surface area (Å²) >= 11 is 0. The average Bonchev–Trinajstić information content (AvgIpc) is 3.23. The van der Waals surface area contributed by atoms with Gasteiger partial charge < -0.3 is 0 Å². The van der Waals surface area contributed by atoms with Crippen LogP contribution < -0.4 is 0 Å². The summed E-state index contributed by atoms with van der Waals surface area (Å²) < 4.78 is 0. The topological polar surface area (TPSA) is 51.6 Å². The van der Waals surface area contributed by atoms with Crippen molar-refractivity contribution in [3.05, 3.63) is 182 Å². The largest absolute Gasteiger partial charge is 0.245 e. The number of fused-ring (bicyclic) bond motifs is 5. The molecule has 0 atom stereocenters. The quantitative estimate of drug-likeness (QED) is 0.172. The van der Waals surface area contributed by atoms with Crippen LogP contribution in [-0.4, -0.2) is 19.9 Å². The summed E-state index contributed by atoms with van der Waals surface area (Å²) in [5.74, 6) is 0. The van der Waals surface area contributed by atoms with E-state index in [1.807, 2.05) is 54.6 Å². The van der Waals surface area contributed by atoms with E-state index in [9.17, 15) is 0 Å². The third-order valence-electron chi connectivity index (χ3n) is 9.86. The number of aromatic nitrogens is 4. The van der Waals surface area contributed by atoms with Gasteiger partial charge in [0.05, 0.1) is 44.8 Å². The van der Waals surface area contributed by atoms with Crippen LogP contribution >= 0.6 is 0 Å². The molecule has 0 aliphatic rings. The molecule has 10 aromatic rings. The molecule has 4 heteroatoms. The van der Waals surface area contributed by atoms with Crippen molar-refractivity contribution in [1.82, 2.24) is 19.9 Å². The smallest absolute Gasteiger partial charge is 0.0973 e. The Hall–Kier alpha value is -7.04. The zero-order valence-corrected chi connectivity index (χ0v) is 28.1. The second kappa shape index (κ2) is 12.4. The van der Waals surface area contributed by atoms with Gasteiger partial charge in [-0.15, -0.1) is 0 Å². The summed E-state index contributed by atoms with van der Waals surface area (Å²) in [6.07, 6.45) is 0. The predicted octanol–water partition coefficient (Wildman–Crippen LogP) is 12.2. The molecule has 0 aliphatic heterocycles. The highest BCUT2D eigenvalue weighted by molar-refractivity contribution is 6.07. The van der Waals surface area contributed by atoms with E-state index in [4.69, 9.17) is 19.9 Å². The van der Waals surface area contributed by atoms with Gasteiger partial charge in [-0.25, -0.2) is 19.9 Å². The minimum absolute atomic E-state index is 0.856. The van der Waals surface area contributed by atoms with Gasteiger partial charge in [-0.2, -0.15) is 0 Å². The Bertz CT molecular complexity index is 2940. The molecule has 242 valence electrons. The second-order valence-corrected chi connectivity index (χ2v) is 13.0. The van der Waals surface area contributed by atoms with Crippen molar-refractivity contribution in [1.29, 1.82) is 0 Å². The van der Waals surface area contributed by atoms with E-state index in [0.717, 1.165) is 99.8 Å². The normalized spacial score (nSPS) is 11.5. The first kappa shape index (κ1) is 29.8. The van der Waals surface area contributed by atoms with Crippen molar-refractivity contribution >= 4 is 43.6 Å². The van der Waals surface area contributed by atoms with Crippen LogP contribution in [0.4, 0.5) is 0 Å². The van der Waals surface area contributed by atoms with Crippen LogP contribution in [0.15, 0.2) is 182 Å². The Morgan fingerprint density at radius 1 is 0.288 bits per heavy atom. The third kappa shape index (κ3) is 5.17. The van der Waals surface area contributed by atoms with Gasteiger partial charge in [-0.05, 0) is 46.2 Å². The SMILES string of the molecule is c1ccc(-c2ccc3ccc4ccc(-c5cccc6c(-c7ccc8nc(-c9ccccc9)c(-c9ccccc9)nc8c7)cccc56)nc4c3n2)cc1. The molecule has 3 aromatic heterocycles. The molecule has 0 saturated heterocycles. The van der Waals surface area contributed by atoms with Crippen molar-refractivity contribution < 1.29 is 0 Å². The molecule has 7 aromatic carbocycles. The molecule has 0 amide bonds. The van der Waals surface area contributed by atoms with Crippen molar-refractivity contribution in [3.8, 4) is 56.2 Å². The van der Waals surface area contributed by atoms with Gasteiger partial charge in [-0.1, -0.05) is 158 Å². The zero-order valence-electron chi connectivity index (χ0n) is 28.1. The minimum Gasteiger partial charge on any atom is -0.245 e. The molecule has 0 N–H and O–H groups in total. The summed E-state index contributed by atoms with van der Waals surface area (Å²) in [7, 11) is 0. The standard InChI is InChI=1S/C48H30N4/c1-4-12-31(13-5-1)41-27-24-34-22-23-35-25-28-42(50-48(35)47(34)49-41)40-21-11-19-38-37(18-10-20-39(38)40)36-26-29-43-44(30-36)52-46(33-16-8-3-9-17-33)45(51-43)32-14-6-2-7-15-32/h1-30H. The number of benzene rings is 7. The number of hydrogen-bond donors (Lipinski definition) is 0. The van der Waals surface area contributed by atoms with E-state index >= 15 is 0 Å². The maximum Gasteiger partial charge on any atom is 0.0973 e. The van der Waals surface area contributed by atoms with Gasteiger partial charge in [0.1, 0.15) is 0 Å². The molecule has 0 spiro atoms. The summed E-state index contributed by atoms with van der Waals surface area (Å²) in [5.41, 5.74) is 13.6. The molecule has 4 nitrogen and oxygen atoms in total. The zero-order chi connectivity index (χ0) is 34.4. The summed E-state index contributed by atoms with van der Waals surface area (Å²) in [5, 5.41) is 4.43. The average molecular weight is 663 g/mol. The van der Waals surface area contributed by atoms with Gasteiger partial charge >= 0.3 is 0 Å². The molecule has 10 rings (SSSR count). The molecule has 52 heavy (non-hydrogen) atoms. The Labute approximate surface area is 300 Å². The van der Waals surface area contributed by atoms with Gasteiger partial charge in [-0.3, -0.25) is 0 Å². The highest BCUT2D eigenvalue weighted by atomic mass is 14.8. The van der Waals surface area contributed by atoms with Crippen LogP contribution in [0.25, 0.3) is 99.8 Å². The number of hydrogen-bond acceptors (Lipinski definition) is 4. The number of rotatable bonds is 5. The molecule has 0 radical (unpaired) electrons. The Balaban J connectivity index is 1.11. The van der Waals surface area contributed by atoms with E-state index in [1.54, 1.807) is 0 Å². The maximum atomic E-state index is 5.29. The van der Waals surface area contributed by atoms with Crippen LogP contribution in [0.5, 0.6) is 0 Å². The van der Waals surface area contributed by atoms with Crippen molar-refractivity contribution in [2.45, 2.75) is 0 Å². The summed E-state index contributed by atoms with van der Waals surface area (Å²) in [6, 6.07) is 63.1. The fraction of sp³-hybridized carbons (Fsp3) is 0. The van der Waals surface area contributed by atoms with Gasteiger partial charge in [0, 0.05) is 33.0 Å². The highest BCUT2D eigenvalue weighted by Gasteiger charge is 2.16. The second-order valence-electron chi connectivity index (χ2n) is 13.0. The van der Waals surface area contributed by atoms with Crippen molar-refractivity contribution in [3.63, 3.8) is 0 Å². The summed E-state index contributed by atoms with van der Waals surface area (Å²) in [6.45, 7) is 0. The van der Waals surface area contributed by atoms with E-state index in [2.05, 4.69) is 127 Å². The Morgan fingerprint density at radius 2 is 0.788 bits per heavy atom. The van der Waals surface area contributed by atoms with Crippen LogP contribution in [0.2, 0.25) is 0 Å². The van der Waals surface area contributed by atoms with Gasteiger partial charge in [0.2, 0.25) is 0 Å². The molecule has 0 bridgehead atoms. The fourth-order valence-electron chi connectivity index (χ4n) is 7.29. The van der Waals surface area contributed by atoms with Crippen LogP contribution in [0.3, 0.4) is 0 Å². The molecule has 3 heterocycles. The first-order chi connectivity index (χ1) is 25.8. The van der Waals surface area contributed by atoms with E-state index in [1.165, 1.54) is 0 Å². The van der Waals surface area contributed by atoms with Gasteiger partial charge in [0.25, 0.3) is 0 Å². The van der Waals surface area contributed by atoms with E-state index < -0.39 is 0 Å². The molecule has 0 aliphatic carbocycles. The van der Waals surface area contributed by atoms with Crippen LogP contribution in [0, 0.1) is 0 Å². The minimum atomic E-state index is 0.856. The number of pyridine rings is 2. The van der Waals surface area contributed by atoms with Crippen LogP contribution in [-0.2, 0) is 0 Å². The van der Waals surface area contributed by atoms with Gasteiger partial charge in [0.15, 0.2) is 0 Å². The third-order valence-corrected chi connectivity index (χ3v) is 9.86. The van der Waals surface area contributed by atoms with Crippen molar-refractivity contribution in [2.24, 2.45) is 0 Å². The predicted molar refractivity (Wildman–Crippen MR) is 215 cm³/mol. The molecular weight excluding hydrogens is 633 g/mol. The molecular formula is C48H30N4. The maximum absolute atomic E-state index is 5.29. The summed E-state index contributed by atoms with van der Waals surface area (Å²) in [4.78, 5) is 20.8. The Morgan fingerprint density at radius 3 is 1.42 bits per heavy atom. The molecule has 0 unspecified atom stereocenters. The first-order valence-electron chi connectivity index (χ1n) is 17.5. The van der Waals surface area contributed by atoms with Crippen molar-refractivity contribution in [2.75, 3.05) is 0 Å². The highest BCUT2D eigenvalue weighted by Crippen LogP contribution is 2.37. The lowest BCUT2D eigenvalue weighted by Crippen LogP contribution is -1.96. The lowest BCUT2D eigenvalue weighted by atomic mass is 9.94. The Kier molecular flexibility index (Phi) is 7.10. The lowest BCUT2D eigenvalue weighted by Gasteiger charge is -2.14. The molecule has 0 saturated carbocycles. The lowest BCUT2D eigenvalue weighted by molar-refractivity contribution is 1.29. The van der Waals surface area contributed by atoms with E-state index in [0.29, 0.717) is 0 Å². The molecule has 0 fully saturated rings. The monoisotopic (exact) mass is 662 g/mol. The van der Waals surface area contributed by atoms with Crippen LogP contribution in [0.1, 0.15) is 0 Å². The number of nitrogens with zero attached hydrogens (tertiary/aromatic N) is 4.